The Kier molecular flexibility index (Phi) is 9.11. The lowest BCUT2D eigenvalue weighted by molar-refractivity contribution is 0.775. The van der Waals surface area contributed by atoms with Crippen LogP contribution in [-0.2, 0) is 5.41 Å². The van der Waals surface area contributed by atoms with Crippen molar-refractivity contribution in [3.63, 3.8) is 0 Å². The molecular weight excluding hydrogens is 809 g/mol. The molecule has 0 atom stereocenters. The third-order valence-electron chi connectivity index (χ3n) is 13.9. The molecule has 67 heavy (non-hydrogen) atoms. The van der Waals surface area contributed by atoms with E-state index in [1.54, 1.807) is 0 Å². The average Bonchev–Trinajstić information content (AvgIpc) is 3.66. The van der Waals surface area contributed by atoms with Gasteiger partial charge in [0.2, 0.25) is 0 Å². The number of fused-ring (bicyclic) bond motifs is 12. The molecule has 0 unspecified atom stereocenters. The fraction of sp³-hybridized carbons (Fsp3) is 0.0154. The summed E-state index contributed by atoms with van der Waals surface area (Å²) < 4.78 is 0. The molecule has 0 bridgehead atoms. The zero-order chi connectivity index (χ0) is 44.3. The molecule has 0 saturated heterocycles. The van der Waals surface area contributed by atoms with E-state index in [1.807, 2.05) is 0 Å². The Morgan fingerprint density at radius 2 is 0.552 bits per heavy atom. The van der Waals surface area contributed by atoms with Crippen LogP contribution in [0.15, 0.2) is 255 Å². The zero-order valence-electron chi connectivity index (χ0n) is 36.6. The van der Waals surface area contributed by atoms with Crippen LogP contribution in [0.1, 0.15) is 22.3 Å². The molecule has 10 aromatic carbocycles. The van der Waals surface area contributed by atoms with Crippen molar-refractivity contribution in [1.82, 2.24) is 9.97 Å². The van der Waals surface area contributed by atoms with Crippen LogP contribution in [0.2, 0.25) is 0 Å². The van der Waals surface area contributed by atoms with E-state index in [0.717, 1.165) is 55.9 Å². The van der Waals surface area contributed by atoms with Crippen LogP contribution in [0.4, 0.5) is 0 Å². The second kappa shape index (κ2) is 15.8. The zero-order valence-corrected chi connectivity index (χ0v) is 36.6. The van der Waals surface area contributed by atoms with Gasteiger partial charge in [-0.15, -0.1) is 0 Å². The van der Waals surface area contributed by atoms with Gasteiger partial charge >= 0.3 is 0 Å². The molecular formula is C65H42N2. The predicted molar refractivity (Wildman–Crippen MR) is 276 cm³/mol. The van der Waals surface area contributed by atoms with E-state index in [9.17, 15) is 0 Å². The lowest BCUT2D eigenvalue weighted by Crippen LogP contribution is -2.29. The standard InChI is InChI=1S/C65H42N2/c1-4-18-43(19-5-1)46-32-34-47(35-33-46)62-42-63(67-64(66-62)51-39-49(44-20-6-2-7-21-44)38-50(40-51)45-22-8-3-9-23-45)48-36-37-57-53-25-11-10-24-52(53)54-26-12-15-29-58(54)65(61(57)41-48)59-30-16-13-27-55(59)56-28-14-17-31-60(56)65/h1-42H. The number of benzene rings is 10. The Balaban J connectivity index is 1.08. The number of aromatic nitrogens is 2. The van der Waals surface area contributed by atoms with Gasteiger partial charge in [-0.25, -0.2) is 9.97 Å². The van der Waals surface area contributed by atoms with Gasteiger partial charge in [-0.1, -0.05) is 224 Å². The molecule has 0 fully saturated rings. The van der Waals surface area contributed by atoms with Crippen LogP contribution >= 0.6 is 0 Å². The van der Waals surface area contributed by atoms with Gasteiger partial charge in [0.05, 0.1) is 16.8 Å². The number of hydrogen-bond acceptors (Lipinski definition) is 2. The van der Waals surface area contributed by atoms with Crippen molar-refractivity contribution in [2.75, 3.05) is 0 Å². The second-order valence-electron chi connectivity index (χ2n) is 17.6. The van der Waals surface area contributed by atoms with Gasteiger partial charge in [0.25, 0.3) is 0 Å². The van der Waals surface area contributed by atoms with Gasteiger partial charge < -0.3 is 0 Å². The maximum absolute atomic E-state index is 5.59. The maximum atomic E-state index is 5.59. The summed E-state index contributed by atoms with van der Waals surface area (Å²) in [6, 6.07) is 92.6. The highest BCUT2D eigenvalue weighted by Gasteiger charge is 2.49. The average molecular weight is 851 g/mol. The van der Waals surface area contributed by atoms with E-state index < -0.39 is 5.41 Å². The fourth-order valence-corrected chi connectivity index (χ4v) is 10.9. The summed E-state index contributed by atoms with van der Waals surface area (Å²) in [5, 5.41) is 0. The highest BCUT2D eigenvalue weighted by Crippen LogP contribution is 2.61. The maximum Gasteiger partial charge on any atom is 0.160 e. The number of nitrogens with zero attached hydrogens (tertiary/aromatic N) is 2. The smallest absolute Gasteiger partial charge is 0.160 e. The van der Waals surface area contributed by atoms with Gasteiger partial charge in [-0.3, -0.25) is 0 Å². The monoisotopic (exact) mass is 850 g/mol. The van der Waals surface area contributed by atoms with Crippen LogP contribution in [0, 0.1) is 0 Å². The van der Waals surface area contributed by atoms with Crippen LogP contribution in [0.3, 0.4) is 0 Å². The SMILES string of the molecule is c1ccc(-c2ccc(-c3cc(-c4ccc5c(c4)C4(c6ccccc6-c6ccccc6-5)c5ccccc5-c5ccccc54)nc(-c4cc(-c5ccccc5)cc(-c5ccccc5)c4)n3)cc2)cc1. The Labute approximate surface area is 391 Å². The minimum atomic E-state index is -0.602. The number of hydrogen-bond donors (Lipinski definition) is 0. The summed E-state index contributed by atoms with van der Waals surface area (Å²) in [5.74, 6) is 0.673. The van der Waals surface area contributed by atoms with E-state index in [-0.39, 0.29) is 0 Å². The van der Waals surface area contributed by atoms with E-state index in [1.165, 1.54) is 61.2 Å². The first-order valence-corrected chi connectivity index (χ1v) is 23.1. The van der Waals surface area contributed by atoms with Crippen molar-refractivity contribution in [2.24, 2.45) is 0 Å². The molecule has 0 N–H and O–H groups in total. The Morgan fingerprint density at radius 3 is 1.06 bits per heavy atom. The summed E-state index contributed by atoms with van der Waals surface area (Å²) in [7, 11) is 0. The van der Waals surface area contributed by atoms with Gasteiger partial charge in [0.15, 0.2) is 5.82 Å². The molecule has 0 amide bonds. The largest absolute Gasteiger partial charge is 0.228 e. The quantitative estimate of drug-likeness (QED) is 0.167. The molecule has 1 aromatic heterocycles. The Hall–Kier alpha value is -8.72. The third-order valence-corrected chi connectivity index (χ3v) is 13.9. The van der Waals surface area contributed by atoms with Crippen LogP contribution in [-0.4, -0.2) is 9.97 Å². The topological polar surface area (TPSA) is 25.8 Å². The van der Waals surface area contributed by atoms with E-state index in [4.69, 9.17) is 9.97 Å². The molecule has 2 heteroatoms. The molecule has 312 valence electrons. The normalized spacial score (nSPS) is 12.6. The summed E-state index contributed by atoms with van der Waals surface area (Å²) in [6.07, 6.45) is 0. The highest BCUT2D eigenvalue weighted by molar-refractivity contribution is 5.98. The fourth-order valence-electron chi connectivity index (χ4n) is 10.9. The second-order valence-corrected chi connectivity index (χ2v) is 17.6. The van der Waals surface area contributed by atoms with Gasteiger partial charge in [-0.05, 0) is 119 Å². The molecule has 1 heterocycles. The molecule has 13 rings (SSSR count). The van der Waals surface area contributed by atoms with Gasteiger partial charge in [-0.2, -0.15) is 0 Å². The predicted octanol–water partition coefficient (Wildman–Crippen LogP) is 16.5. The van der Waals surface area contributed by atoms with E-state index in [2.05, 4.69) is 255 Å². The van der Waals surface area contributed by atoms with Crippen molar-refractivity contribution in [1.29, 1.82) is 0 Å². The summed E-state index contributed by atoms with van der Waals surface area (Å²) in [5.41, 5.74) is 23.6. The van der Waals surface area contributed by atoms with Crippen molar-refractivity contribution in [3.8, 4) is 101 Å². The van der Waals surface area contributed by atoms with Crippen molar-refractivity contribution < 1.29 is 0 Å². The van der Waals surface area contributed by atoms with Crippen LogP contribution < -0.4 is 0 Å². The van der Waals surface area contributed by atoms with Crippen LogP contribution in [0.5, 0.6) is 0 Å². The first kappa shape index (κ1) is 38.7. The third kappa shape index (κ3) is 6.33. The molecule has 0 radical (unpaired) electrons. The van der Waals surface area contributed by atoms with Gasteiger partial charge in [0.1, 0.15) is 0 Å². The minimum absolute atomic E-state index is 0.602. The summed E-state index contributed by atoms with van der Waals surface area (Å²) >= 11 is 0. The van der Waals surface area contributed by atoms with Gasteiger partial charge in [0, 0.05) is 16.7 Å². The summed E-state index contributed by atoms with van der Waals surface area (Å²) in [6.45, 7) is 0. The molecule has 11 aromatic rings. The highest BCUT2D eigenvalue weighted by atomic mass is 14.9. The van der Waals surface area contributed by atoms with E-state index in [0.29, 0.717) is 5.82 Å². The lowest BCUT2D eigenvalue weighted by Gasteiger charge is -2.35. The first-order valence-electron chi connectivity index (χ1n) is 23.1. The molecule has 2 aliphatic carbocycles. The Morgan fingerprint density at radius 1 is 0.209 bits per heavy atom. The minimum Gasteiger partial charge on any atom is -0.228 e. The molecule has 2 nitrogen and oxygen atoms in total. The lowest BCUT2D eigenvalue weighted by atomic mass is 9.65. The molecule has 2 aliphatic rings. The number of rotatable bonds is 6. The van der Waals surface area contributed by atoms with Crippen molar-refractivity contribution in [3.05, 3.63) is 277 Å². The molecule has 0 saturated carbocycles. The van der Waals surface area contributed by atoms with Crippen molar-refractivity contribution >= 4 is 0 Å². The summed E-state index contributed by atoms with van der Waals surface area (Å²) in [4.78, 5) is 11.0. The molecule has 1 spiro atoms. The van der Waals surface area contributed by atoms with Crippen molar-refractivity contribution in [2.45, 2.75) is 5.41 Å². The molecule has 0 aliphatic heterocycles. The Bertz CT molecular complexity index is 3560. The first-order chi connectivity index (χ1) is 33.2. The van der Waals surface area contributed by atoms with Crippen LogP contribution in [0.25, 0.3) is 101 Å². The van der Waals surface area contributed by atoms with E-state index >= 15 is 0 Å².